The first-order chi connectivity index (χ1) is 12.6. The molecule has 1 aliphatic rings. The molecule has 1 fully saturated rings. The minimum absolute atomic E-state index is 0.193. The molecule has 0 atom stereocenters. The van der Waals surface area contributed by atoms with Crippen LogP contribution in [0, 0.1) is 5.92 Å². The van der Waals surface area contributed by atoms with Crippen LogP contribution < -0.4 is 5.32 Å². The Morgan fingerprint density at radius 3 is 2.44 bits per heavy atom. The molecule has 0 aromatic carbocycles. The van der Waals surface area contributed by atoms with Crippen molar-refractivity contribution in [2.75, 3.05) is 19.6 Å². The summed E-state index contributed by atoms with van der Waals surface area (Å²) in [6, 6.07) is 0. The van der Waals surface area contributed by atoms with Crippen LogP contribution in [0.3, 0.4) is 0 Å². The zero-order valence-corrected chi connectivity index (χ0v) is 17.1. The van der Waals surface area contributed by atoms with E-state index >= 15 is 0 Å². The SMILES string of the molecule is C=C(/C=C(\C=C/C)CCCN1CCC(C(=O)O)CC1)NC(=O)OC(C)(C)C. The van der Waals surface area contributed by atoms with Gasteiger partial charge in [0.1, 0.15) is 5.60 Å². The van der Waals surface area contributed by atoms with Crippen molar-refractivity contribution in [1.82, 2.24) is 10.2 Å². The van der Waals surface area contributed by atoms with E-state index in [-0.39, 0.29) is 5.92 Å². The molecule has 0 aromatic rings. The van der Waals surface area contributed by atoms with Crippen molar-refractivity contribution in [3.8, 4) is 0 Å². The Bertz CT molecular complexity index is 579. The quantitative estimate of drug-likeness (QED) is 0.622. The highest BCUT2D eigenvalue weighted by atomic mass is 16.6. The molecule has 6 heteroatoms. The van der Waals surface area contributed by atoms with Crippen LogP contribution in [0.25, 0.3) is 0 Å². The highest BCUT2D eigenvalue weighted by Gasteiger charge is 2.23. The molecule has 0 unspecified atom stereocenters. The normalized spacial score (nSPS) is 17.1. The second kappa shape index (κ2) is 10.9. The molecule has 27 heavy (non-hydrogen) atoms. The second-order valence-corrected chi connectivity index (χ2v) is 7.93. The maximum atomic E-state index is 11.8. The standard InChI is InChI=1S/C21H34N2O4/c1-6-8-17(15-16(2)22-20(26)27-21(3,4)5)9-7-12-23-13-10-18(11-14-23)19(24)25/h6,8,15,18H,2,7,9-14H2,1,3-5H3,(H,22,26)(H,24,25)/b8-6-,17-15+. The van der Waals surface area contributed by atoms with Crippen molar-refractivity contribution in [3.05, 3.63) is 36.1 Å². The fraction of sp³-hybridized carbons (Fsp3) is 0.619. The molecule has 0 bridgehead atoms. The molecule has 152 valence electrons. The highest BCUT2D eigenvalue weighted by molar-refractivity contribution is 5.70. The van der Waals surface area contributed by atoms with Crippen LogP contribution in [-0.4, -0.2) is 47.3 Å². The van der Waals surface area contributed by atoms with Gasteiger partial charge in [-0.2, -0.15) is 0 Å². The minimum Gasteiger partial charge on any atom is -0.481 e. The van der Waals surface area contributed by atoms with Gasteiger partial charge in [-0.1, -0.05) is 18.7 Å². The molecule has 0 aromatic heterocycles. The molecule has 1 amide bonds. The first kappa shape index (κ1) is 23.0. The number of likely N-dealkylation sites (tertiary alicyclic amines) is 1. The van der Waals surface area contributed by atoms with Crippen LogP contribution in [0.5, 0.6) is 0 Å². The number of nitrogens with zero attached hydrogens (tertiary/aromatic N) is 1. The third kappa shape index (κ3) is 9.99. The first-order valence-corrected chi connectivity index (χ1v) is 9.58. The Morgan fingerprint density at radius 1 is 1.30 bits per heavy atom. The van der Waals surface area contributed by atoms with Gasteiger partial charge in [0.15, 0.2) is 0 Å². The lowest BCUT2D eigenvalue weighted by Crippen LogP contribution is -2.36. The summed E-state index contributed by atoms with van der Waals surface area (Å²) in [5, 5.41) is 11.7. The number of allylic oxidation sites excluding steroid dienone is 4. The molecule has 1 saturated heterocycles. The zero-order valence-electron chi connectivity index (χ0n) is 17.1. The number of carbonyl (C=O) groups is 2. The summed E-state index contributed by atoms with van der Waals surface area (Å²) >= 11 is 0. The molecule has 1 heterocycles. The number of rotatable bonds is 8. The molecule has 0 radical (unpaired) electrons. The molecule has 6 nitrogen and oxygen atoms in total. The summed E-state index contributed by atoms with van der Waals surface area (Å²) in [7, 11) is 0. The lowest BCUT2D eigenvalue weighted by Gasteiger charge is -2.29. The lowest BCUT2D eigenvalue weighted by molar-refractivity contribution is -0.143. The summed E-state index contributed by atoms with van der Waals surface area (Å²) in [6.07, 6.45) is 8.60. The largest absolute Gasteiger partial charge is 0.481 e. The minimum atomic E-state index is -0.677. The van der Waals surface area contributed by atoms with E-state index in [0.717, 1.165) is 50.9 Å². The predicted octanol–water partition coefficient (Wildman–Crippen LogP) is 4.10. The molecular formula is C21H34N2O4. The van der Waals surface area contributed by atoms with E-state index in [2.05, 4.69) is 16.8 Å². The van der Waals surface area contributed by atoms with Gasteiger partial charge in [-0.15, -0.1) is 0 Å². The third-order valence-electron chi connectivity index (χ3n) is 4.28. The van der Waals surface area contributed by atoms with Crippen molar-refractivity contribution < 1.29 is 19.4 Å². The number of hydrogen-bond donors (Lipinski definition) is 2. The predicted molar refractivity (Wildman–Crippen MR) is 107 cm³/mol. The molecule has 0 spiro atoms. The van der Waals surface area contributed by atoms with Crippen molar-refractivity contribution in [2.45, 2.75) is 59.0 Å². The van der Waals surface area contributed by atoms with Crippen LogP contribution in [0.15, 0.2) is 36.1 Å². The van der Waals surface area contributed by atoms with Crippen LogP contribution in [0.4, 0.5) is 4.79 Å². The van der Waals surface area contributed by atoms with Crippen LogP contribution in [0.2, 0.25) is 0 Å². The third-order valence-corrected chi connectivity index (χ3v) is 4.28. The summed E-state index contributed by atoms with van der Waals surface area (Å²) < 4.78 is 5.23. The molecular weight excluding hydrogens is 344 g/mol. The molecule has 1 aliphatic heterocycles. The fourth-order valence-electron chi connectivity index (χ4n) is 3.02. The number of aliphatic carboxylic acids is 1. The molecule has 0 aliphatic carbocycles. The van der Waals surface area contributed by atoms with Crippen LogP contribution in [0.1, 0.15) is 53.4 Å². The number of carboxylic acids is 1. The smallest absolute Gasteiger partial charge is 0.412 e. The van der Waals surface area contributed by atoms with Gasteiger partial charge in [-0.05, 0) is 84.7 Å². The van der Waals surface area contributed by atoms with Gasteiger partial charge < -0.3 is 14.7 Å². The number of hydrogen-bond acceptors (Lipinski definition) is 4. The lowest BCUT2D eigenvalue weighted by atomic mass is 9.97. The highest BCUT2D eigenvalue weighted by Crippen LogP contribution is 2.18. The molecule has 1 rings (SSSR count). The van der Waals surface area contributed by atoms with Crippen LogP contribution in [-0.2, 0) is 9.53 Å². The van der Waals surface area contributed by atoms with Crippen LogP contribution >= 0.6 is 0 Å². The average Bonchev–Trinajstić information content (AvgIpc) is 2.53. The Hall–Kier alpha value is -2.08. The Morgan fingerprint density at radius 2 is 1.93 bits per heavy atom. The number of alkyl carbamates (subject to hydrolysis) is 1. The van der Waals surface area contributed by atoms with Gasteiger partial charge in [-0.3, -0.25) is 10.1 Å². The topological polar surface area (TPSA) is 78.9 Å². The molecule has 2 N–H and O–H groups in total. The first-order valence-electron chi connectivity index (χ1n) is 9.58. The number of piperidine rings is 1. The number of nitrogens with one attached hydrogen (secondary N) is 1. The maximum absolute atomic E-state index is 11.8. The van der Waals surface area contributed by atoms with Crippen molar-refractivity contribution in [3.63, 3.8) is 0 Å². The van der Waals surface area contributed by atoms with E-state index in [0.29, 0.717) is 5.70 Å². The Labute approximate surface area is 163 Å². The summed E-state index contributed by atoms with van der Waals surface area (Å²) in [4.78, 5) is 25.1. The Kier molecular flexibility index (Phi) is 9.29. The van der Waals surface area contributed by atoms with Gasteiger partial charge in [0.2, 0.25) is 0 Å². The van der Waals surface area contributed by atoms with E-state index in [9.17, 15) is 9.59 Å². The maximum Gasteiger partial charge on any atom is 0.412 e. The van der Waals surface area contributed by atoms with Gasteiger partial charge in [0.05, 0.1) is 5.92 Å². The van der Waals surface area contributed by atoms with Crippen molar-refractivity contribution in [2.24, 2.45) is 5.92 Å². The summed E-state index contributed by atoms with van der Waals surface area (Å²) in [5.74, 6) is -0.870. The Balaban J connectivity index is 2.44. The number of ether oxygens (including phenoxy) is 1. The van der Waals surface area contributed by atoms with E-state index in [1.807, 2.05) is 45.9 Å². The molecule has 0 saturated carbocycles. The van der Waals surface area contributed by atoms with Crippen molar-refractivity contribution in [1.29, 1.82) is 0 Å². The monoisotopic (exact) mass is 378 g/mol. The second-order valence-electron chi connectivity index (χ2n) is 7.93. The number of carbonyl (C=O) groups excluding carboxylic acids is 1. The van der Waals surface area contributed by atoms with Gasteiger partial charge in [0.25, 0.3) is 0 Å². The number of carboxylic acid groups (broad SMARTS) is 1. The zero-order chi connectivity index (χ0) is 20.4. The van der Waals surface area contributed by atoms with Crippen molar-refractivity contribution >= 4 is 12.1 Å². The summed E-state index contributed by atoms with van der Waals surface area (Å²) in [5.41, 5.74) is 1.03. The van der Waals surface area contributed by atoms with E-state index < -0.39 is 17.7 Å². The average molecular weight is 379 g/mol. The van der Waals surface area contributed by atoms with E-state index in [1.54, 1.807) is 0 Å². The van der Waals surface area contributed by atoms with Gasteiger partial charge in [0, 0.05) is 5.70 Å². The summed E-state index contributed by atoms with van der Waals surface area (Å²) in [6.45, 7) is 13.9. The van der Waals surface area contributed by atoms with E-state index in [1.165, 1.54) is 0 Å². The van der Waals surface area contributed by atoms with Gasteiger partial charge >= 0.3 is 12.1 Å². The van der Waals surface area contributed by atoms with Gasteiger partial charge in [-0.25, -0.2) is 4.79 Å². The fourth-order valence-corrected chi connectivity index (χ4v) is 3.02. The van der Waals surface area contributed by atoms with E-state index in [4.69, 9.17) is 9.84 Å². The number of amides is 1.